The first-order chi connectivity index (χ1) is 11.2. The lowest BCUT2D eigenvalue weighted by Crippen LogP contribution is -2.57. The molecule has 1 aromatic rings. The Morgan fingerprint density at radius 1 is 1.04 bits per heavy atom. The maximum atomic E-state index is 6.59. The Kier molecular flexibility index (Phi) is 4.21. The van der Waals surface area contributed by atoms with Crippen molar-refractivity contribution in [1.82, 2.24) is 10.2 Å². The van der Waals surface area contributed by atoms with Gasteiger partial charge in [-0.25, -0.2) is 0 Å². The summed E-state index contributed by atoms with van der Waals surface area (Å²) in [6, 6.07) is 11.6. The molecular weight excluding hydrogens is 284 g/mol. The van der Waals surface area contributed by atoms with Crippen molar-refractivity contribution in [2.24, 2.45) is 0 Å². The highest BCUT2D eigenvalue weighted by Gasteiger charge is 2.53. The van der Waals surface area contributed by atoms with E-state index in [0.29, 0.717) is 0 Å². The van der Waals surface area contributed by atoms with E-state index in [1.807, 2.05) is 0 Å². The molecule has 1 saturated heterocycles. The molecule has 1 aliphatic heterocycles. The van der Waals surface area contributed by atoms with Crippen LogP contribution < -0.4 is 5.32 Å². The highest BCUT2D eigenvalue weighted by molar-refractivity contribution is 5.15. The summed E-state index contributed by atoms with van der Waals surface area (Å²) in [4.78, 5) is 2.57. The van der Waals surface area contributed by atoms with Crippen LogP contribution in [0.1, 0.15) is 44.1 Å². The Morgan fingerprint density at radius 3 is 2.35 bits per heavy atom. The highest BCUT2D eigenvalue weighted by atomic mass is 16.5. The smallest absolute Gasteiger partial charge is 0.0816 e. The third-order valence-electron chi connectivity index (χ3n) is 6.22. The fourth-order valence-corrected chi connectivity index (χ4v) is 4.45. The van der Waals surface area contributed by atoms with Crippen molar-refractivity contribution >= 4 is 0 Å². The summed E-state index contributed by atoms with van der Waals surface area (Å²) in [5, 5.41) is 3.65. The van der Waals surface area contributed by atoms with Crippen molar-refractivity contribution in [3.05, 3.63) is 35.9 Å². The first-order valence-electron chi connectivity index (χ1n) is 9.34. The minimum absolute atomic E-state index is 0.144. The Bertz CT molecular complexity index is 518. The summed E-state index contributed by atoms with van der Waals surface area (Å²) in [5.41, 5.74) is 1.82. The van der Waals surface area contributed by atoms with Gasteiger partial charge in [-0.05, 0) is 57.6 Å². The number of hydrogen-bond donors (Lipinski definition) is 1. The second-order valence-electron chi connectivity index (χ2n) is 8.02. The second-order valence-corrected chi connectivity index (χ2v) is 8.02. The number of likely N-dealkylation sites (N-methyl/N-ethyl adjacent to an activating group) is 1. The number of nitrogens with one attached hydrogen (secondary N) is 1. The highest BCUT2D eigenvalue weighted by Crippen LogP contribution is 2.48. The third-order valence-corrected chi connectivity index (χ3v) is 6.22. The number of ether oxygens (including phenoxy) is 1. The zero-order valence-corrected chi connectivity index (χ0v) is 14.4. The van der Waals surface area contributed by atoms with Gasteiger partial charge in [-0.3, -0.25) is 0 Å². The monoisotopic (exact) mass is 314 g/mol. The van der Waals surface area contributed by atoms with Crippen LogP contribution in [0.5, 0.6) is 0 Å². The number of nitrogens with zero attached hydrogens (tertiary/aromatic N) is 1. The second kappa shape index (κ2) is 6.19. The van der Waals surface area contributed by atoms with Gasteiger partial charge in [0.05, 0.1) is 11.2 Å². The van der Waals surface area contributed by atoms with Crippen LogP contribution in [0.15, 0.2) is 30.3 Å². The molecule has 126 valence electrons. The molecule has 3 heteroatoms. The molecular formula is C20H30N2O. The van der Waals surface area contributed by atoms with Crippen molar-refractivity contribution in [2.45, 2.75) is 62.2 Å². The number of benzene rings is 1. The summed E-state index contributed by atoms with van der Waals surface area (Å²) >= 11 is 0. The fourth-order valence-electron chi connectivity index (χ4n) is 4.45. The van der Waals surface area contributed by atoms with Gasteiger partial charge in [-0.1, -0.05) is 30.3 Å². The molecule has 1 N–H and O–H groups in total. The summed E-state index contributed by atoms with van der Waals surface area (Å²) in [7, 11) is 2.30. The molecule has 0 aromatic heterocycles. The Hall–Kier alpha value is -0.900. The quantitative estimate of drug-likeness (QED) is 0.924. The molecule has 23 heavy (non-hydrogen) atoms. The maximum absolute atomic E-state index is 6.59. The van der Waals surface area contributed by atoms with Crippen molar-refractivity contribution in [3.63, 3.8) is 0 Å². The van der Waals surface area contributed by atoms with Crippen LogP contribution in [0.4, 0.5) is 0 Å². The van der Waals surface area contributed by atoms with Crippen LogP contribution >= 0.6 is 0 Å². The molecule has 4 rings (SSSR count). The number of hydrogen-bond acceptors (Lipinski definition) is 3. The molecule has 0 radical (unpaired) electrons. The van der Waals surface area contributed by atoms with Gasteiger partial charge in [0, 0.05) is 25.7 Å². The molecule has 3 fully saturated rings. The molecule has 0 unspecified atom stereocenters. The van der Waals surface area contributed by atoms with Crippen LogP contribution in [0.2, 0.25) is 0 Å². The molecule has 2 saturated carbocycles. The van der Waals surface area contributed by atoms with Crippen LogP contribution in [0.3, 0.4) is 0 Å². The Morgan fingerprint density at radius 2 is 1.70 bits per heavy atom. The van der Waals surface area contributed by atoms with E-state index in [9.17, 15) is 0 Å². The van der Waals surface area contributed by atoms with E-state index in [2.05, 4.69) is 47.6 Å². The predicted molar refractivity (Wildman–Crippen MR) is 93.7 cm³/mol. The maximum Gasteiger partial charge on any atom is 0.0816 e. The van der Waals surface area contributed by atoms with Crippen molar-refractivity contribution in [1.29, 1.82) is 0 Å². The van der Waals surface area contributed by atoms with Crippen molar-refractivity contribution < 1.29 is 4.74 Å². The SMILES string of the molecule is CN(CCc1ccccc1)C1CCC2(CC1)CNCC1(CC1)O2. The van der Waals surface area contributed by atoms with Gasteiger partial charge >= 0.3 is 0 Å². The van der Waals surface area contributed by atoms with Crippen LogP contribution in [0, 0.1) is 0 Å². The van der Waals surface area contributed by atoms with Crippen molar-refractivity contribution in [3.8, 4) is 0 Å². The van der Waals surface area contributed by atoms with Gasteiger partial charge in [-0.15, -0.1) is 0 Å². The molecule has 0 amide bonds. The van der Waals surface area contributed by atoms with Crippen LogP contribution in [0.25, 0.3) is 0 Å². The van der Waals surface area contributed by atoms with E-state index in [-0.39, 0.29) is 11.2 Å². The third kappa shape index (κ3) is 3.47. The van der Waals surface area contributed by atoms with Gasteiger partial charge < -0.3 is 15.0 Å². The van der Waals surface area contributed by atoms with Crippen molar-refractivity contribution in [2.75, 3.05) is 26.7 Å². The Balaban J connectivity index is 1.27. The average molecular weight is 314 g/mol. The van der Waals surface area contributed by atoms with Gasteiger partial charge in [0.15, 0.2) is 0 Å². The standard InChI is InChI=1S/C20H30N2O/c1-22(14-9-17-5-3-2-4-6-17)18-7-10-19(11-8-18)15-21-16-20(23-19)12-13-20/h2-6,18,21H,7-16H2,1H3. The molecule has 1 heterocycles. The number of morpholine rings is 1. The zero-order valence-electron chi connectivity index (χ0n) is 14.4. The van der Waals surface area contributed by atoms with Crippen LogP contribution in [-0.4, -0.2) is 48.8 Å². The molecule has 3 aliphatic rings. The fraction of sp³-hybridized carbons (Fsp3) is 0.700. The lowest BCUT2D eigenvalue weighted by Gasteiger charge is -2.47. The topological polar surface area (TPSA) is 24.5 Å². The molecule has 0 atom stereocenters. The molecule has 1 aromatic carbocycles. The molecule has 3 nitrogen and oxygen atoms in total. The van der Waals surface area contributed by atoms with E-state index in [4.69, 9.17) is 4.74 Å². The summed E-state index contributed by atoms with van der Waals surface area (Å²) in [5.74, 6) is 0. The first kappa shape index (κ1) is 15.6. The minimum Gasteiger partial charge on any atom is -0.366 e. The van der Waals surface area contributed by atoms with E-state index in [1.165, 1.54) is 44.1 Å². The summed E-state index contributed by atoms with van der Waals surface area (Å²) in [6.07, 6.45) is 8.70. The first-order valence-corrected chi connectivity index (χ1v) is 9.34. The normalized spacial score (nSPS) is 32.5. The summed E-state index contributed by atoms with van der Waals surface area (Å²) < 4.78 is 6.59. The summed E-state index contributed by atoms with van der Waals surface area (Å²) in [6.45, 7) is 3.30. The average Bonchev–Trinajstić information content (AvgIpc) is 3.32. The van der Waals surface area contributed by atoms with E-state index >= 15 is 0 Å². The molecule has 2 spiro atoms. The molecule has 2 aliphatic carbocycles. The van der Waals surface area contributed by atoms with E-state index < -0.39 is 0 Å². The van der Waals surface area contributed by atoms with Gasteiger partial charge in [0.2, 0.25) is 0 Å². The van der Waals surface area contributed by atoms with Gasteiger partial charge in [0.1, 0.15) is 0 Å². The lowest BCUT2D eigenvalue weighted by atomic mass is 9.80. The van der Waals surface area contributed by atoms with Gasteiger partial charge in [-0.2, -0.15) is 0 Å². The predicted octanol–water partition coefficient (Wildman–Crippen LogP) is 2.99. The zero-order chi connectivity index (χ0) is 15.8. The van der Waals surface area contributed by atoms with E-state index in [1.54, 1.807) is 0 Å². The Labute approximate surface area is 140 Å². The lowest BCUT2D eigenvalue weighted by molar-refractivity contribution is -0.152. The number of rotatable bonds is 4. The largest absolute Gasteiger partial charge is 0.366 e. The van der Waals surface area contributed by atoms with E-state index in [0.717, 1.165) is 32.1 Å². The van der Waals surface area contributed by atoms with Crippen LogP contribution in [-0.2, 0) is 11.2 Å². The molecule has 0 bridgehead atoms. The van der Waals surface area contributed by atoms with Gasteiger partial charge in [0.25, 0.3) is 0 Å². The minimum atomic E-state index is 0.144.